The van der Waals surface area contributed by atoms with Gasteiger partial charge >= 0.3 is 17.7 Å². The summed E-state index contributed by atoms with van der Waals surface area (Å²) in [6.45, 7) is -2.15. The van der Waals surface area contributed by atoms with Crippen molar-refractivity contribution < 1.29 is 54.5 Å². The summed E-state index contributed by atoms with van der Waals surface area (Å²) in [5.41, 5.74) is 0. The van der Waals surface area contributed by atoms with Crippen molar-refractivity contribution in [2.75, 3.05) is 13.2 Å². The topological polar surface area (TPSA) is 191 Å². The summed E-state index contributed by atoms with van der Waals surface area (Å²) in [5, 5.41) is 53.2. The third-order valence-corrected chi connectivity index (χ3v) is 1.90. The Morgan fingerprint density at radius 1 is 1.05 bits per heavy atom. The molecule has 0 fully saturated rings. The minimum absolute atomic E-state index is 0.516. The molecule has 11 heteroatoms. The van der Waals surface area contributed by atoms with Crippen LogP contribution in [0.1, 0.15) is 0 Å². The molecule has 0 saturated heterocycles. The summed E-state index contributed by atoms with van der Waals surface area (Å²) < 4.78 is 7.96. The summed E-state index contributed by atoms with van der Waals surface area (Å²) in [4.78, 5) is 32.6. The number of esters is 2. The van der Waals surface area contributed by atoms with Crippen LogP contribution in [0.15, 0.2) is 0 Å². The lowest BCUT2D eigenvalue weighted by atomic mass is 10.3. The zero-order chi connectivity index (χ0) is 15.9. The van der Waals surface area contributed by atoms with E-state index in [0.29, 0.717) is 0 Å². The van der Waals surface area contributed by atoms with Gasteiger partial charge in [-0.25, -0.2) is 9.59 Å². The zero-order valence-corrected chi connectivity index (χ0v) is 9.95. The van der Waals surface area contributed by atoms with E-state index in [1.54, 1.807) is 0 Å². The Morgan fingerprint density at radius 2 is 1.50 bits per heavy atom. The van der Waals surface area contributed by atoms with Crippen LogP contribution in [0.4, 0.5) is 0 Å². The fraction of sp³-hybridized carbons (Fsp3) is 0.667. The predicted octanol–water partition coefficient (Wildman–Crippen LogP) is -5.01. The van der Waals surface area contributed by atoms with Gasteiger partial charge in [-0.05, 0) is 0 Å². The molecular weight excluding hydrogens is 284 g/mol. The average molecular weight is 298 g/mol. The first-order valence-electron chi connectivity index (χ1n) is 5.09. The molecular formula is C9H14O11. The maximum atomic E-state index is 11.0. The van der Waals surface area contributed by atoms with Crippen molar-refractivity contribution in [1.82, 2.24) is 0 Å². The quantitative estimate of drug-likeness (QED) is 0.143. The van der Waals surface area contributed by atoms with Crippen LogP contribution in [0.2, 0.25) is 0 Å². The fourth-order valence-corrected chi connectivity index (χ4v) is 0.784. The monoisotopic (exact) mass is 298 g/mol. The van der Waals surface area contributed by atoms with Gasteiger partial charge in [0.15, 0.2) is 18.5 Å². The molecule has 0 radical (unpaired) electrons. The van der Waals surface area contributed by atoms with Crippen LogP contribution in [0.3, 0.4) is 0 Å². The van der Waals surface area contributed by atoms with Gasteiger partial charge in [0.2, 0.25) is 0 Å². The van der Waals surface area contributed by atoms with E-state index in [2.05, 4.69) is 9.47 Å². The molecule has 0 amide bonds. The normalized spacial score (nSPS) is 18.3. The Kier molecular flexibility index (Phi) is 7.20. The van der Waals surface area contributed by atoms with Crippen LogP contribution in [-0.4, -0.2) is 86.4 Å². The Morgan fingerprint density at radius 3 is 1.90 bits per heavy atom. The van der Waals surface area contributed by atoms with Gasteiger partial charge in [-0.15, -0.1) is 0 Å². The van der Waals surface area contributed by atoms with Crippen molar-refractivity contribution in [2.45, 2.75) is 24.3 Å². The number of hydrogen-bond donors (Lipinski definition) is 6. The van der Waals surface area contributed by atoms with Gasteiger partial charge in [0.1, 0.15) is 0 Å². The summed E-state index contributed by atoms with van der Waals surface area (Å²) >= 11 is 0. The van der Waals surface area contributed by atoms with E-state index in [0.717, 1.165) is 0 Å². The van der Waals surface area contributed by atoms with E-state index < -0.39 is 55.7 Å². The summed E-state index contributed by atoms with van der Waals surface area (Å²) in [7, 11) is 0. The Balaban J connectivity index is 4.82. The molecule has 0 aromatic rings. The van der Waals surface area contributed by atoms with Crippen LogP contribution in [0.5, 0.6) is 0 Å². The van der Waals surface area contributed by atoms with Crippen molar-refractivity contribution in [1.29, 1.82) is 0 Å². The van der Waals surface area contributed by atoms with Crippen LogP contribution in [-0.2, 0) is 23.9 Å². The van der Waals surface area contributed by atoms with Crippen molar-refractivity contribution >= 4 is 18.2 Å². The second kappa shape index (κ2) is 7.84. The van der Waals surface area contributed by atoms with Gasteiger partial charge in [0, 0.05) is 0 Å². The highest BCUT2D eigenvalue weighted by Gasteiger charge is 2.44. The molecule has 20 heavy (non-hydrogen) atoms. The molecule has 0 saturated carbocycles. The molecule has 116 valence electrons. The zero-order valence-electron chi connectivity index (χ0n) is 9.95. The number of rotatable bonds is 8. The maximum Gasteiger partial charge on any atom is 0.340 e. The van der Waals surface area contributed by atoms with Crippen LogP contribution in [0, 0.1) is 0 Å². The lowest BCUT2D eigenvalue weighted by Gasteiger charge is -2.27. The highest BCUT2D eigenvalue weighted by molar-refractivity contribution is 5.78. The van der Waals surface area contributed by atoms with Gasteiger partial charge in [0.25, 0.3) is 6.29 Å². The van der Waals surface area contributed by atoms with E-state index in [1.807, 2.05) is 0 Å². The Hall–Kier alpha value is -1.63. The third kappa shape index (κ3) is 4.80. The first-order valence-corrected chi connectivity index (χ1v) is 5.09. The number of aliphatic hydroxyl groups is 6. The molecule has 0 aromatic heterocycles. The molecule has 0 rings (SSSR count). The molecule has 4 unspecified atom stereocenters. The Bertz CT molecular complexity index is 356. The van der Waals surface area contributed by atoms with Gasteiger partial charge < -0.3 is 40.1 Å². The second-order valence-corrected chi connectivity index (χ2v) is 3.48. The molecule has 11 nitrogen and oxygen atoms in total. The number of aliphatic hydroxyl groups excluding tert-OH is 5. The molecule has 0 aromatic carbocycles. The van der Waals surface area contributed by atoms with E-state index in [4.69, 9.17) is 20.4 Å². The molecule has 0 bridgehead atoms. The van der Waals surface area contributed by atoms with Crippen LogP contribution < -0.4 is 0 Å². The van der Waals surface area contributed by atoms with Crippen LogP contribution >= 0.6 is 0 Å². The summed E-state index contributed by atoms with van der Waals surface area (Å²) in [5.74, 6) is -6.66. The van der Waals surface area contributed by atoms with Gasteiger partial charge in [0.05, 0.1) is 13.2 Å². The Labute approximate surface area is 111 Å². The first-order chi connectivity index (χ1) is 9.21. The van der Waals surface area contributed by atoms with Crippen molar-refractivity contribution in [2.24, 2.45) is 0 Å². The lowest BCUT2D eigenvalue weighted by molar-refractivity contribution is -0.287. The van der Waals surface area contributed by atoms with Crippen molar-refractivity contribution in [3.05, 3.63) is 0 Å². The maximum absolute atomic E-state index is 11.0. The van der Waals surface area contributed by atoms with Crippen molar-refractivity contribution in [3.63, 3.8) is 0 Å². The van der Waals surface area contributed by atoms with Gasteiger partial charge in [-0.2, -0.15) is 0 Å². The second-order valence-electron chi connectivity index (χ2n) is 3.48. The summed E-state index contributed by atoms with van der Waals surface area (Å²) in [6, 6.07) is 0. The highest BCUT2D eigenvalue weighted by Crippen LogP contribution is 2.13. The molecule has 4 atom stereocenters. The predicted molar refractivity (Wildman–Crippen MR) is 55.4 cm³/mol. The number of ether oxygens (including phenoxy) is 2. The largest absolute Gasteiger partial charge is 0.426 e. The van der Waals surface area contributed by atoms with Gasteiger partial charge in [-0.1, -0.05) is 0 Å². The lowest BCUT2D eigenvalue weighted by Crippen LogP contribution is -2.52. The van der Waals surface area contributed by atoms with E-state index in [1.165, 1.54) is 0 Å². The minimum Gasteiger partial charge on any atom is -0.426 e. The number of carbonyl (C=O) groups excluding carboxylic acids is 3. The van der Waals surface area contributed by atoms with Gasteiger partial charge in [-0.3, -0.25) is 4.79 Å². The molecule has 0 spiro atoms. The number of carbonyl (C=O) groups is 3. The van der Waals surface area contributed by atoms with E-state index in [9.17, 15) is 24.6 Å². The third-order valence-electron chi connectivity index (χ3n) is 1.90. The van der Waals surface area contributed by atoms with Crippen LogP contribution in [0.25, 0.3) is 0 Å². The molecule has 0 heterocycles. The number of aldehydes is 1. The number of hydrogen-bond acceptors (Lipinski definition) is 11. The fourth-order valence-electron chi connectivity index (χ4n) is 0.784. The van der Waals surface area contributed by atoms with E-state index in [-0.39, 0.29) is 0 Å². The molecule has 0 aliphatic carbocycles. The van der Waals surface area contributed by atoms with Crippen molar-refractivity contribution in [3.8, 4) is 0 Å². The summed E-state index contributed by atoms with van der Waals surface area (Å²) in [6.07, 6.45) is -7.41. The van der Waals surface area contributed by atoms with E-state index >= 15 is 0 Å². The minimum atomic E-state index is -3.36. The molecule has 0 aliphatic rings. The molecule has 6 N–H and O–H groups in total. The standard InChI is InChI=1S/C9H14O11/c10-1-4(13)6(15)19-8(17)9(18,3-12)20-7(16)5(14)2-11/h3-5,8,10-11,13-14,17-18H,1-2H2. The first kappa shape index (κ1) is 18.4. The SMILES string of the molecule is O=CC(O)(OC(=O)C(O)CO)C(O)OC(=O)C(O)CO. The molecule has 0 aliphatic heterocycles. The highest BCUT2D eigenvalue weighted by atomic mass is 16.7. The average Bonchev–Trinajstić information content (AvgIpc) is 2.44. The smallest absolute Gasteiger partial charge is 0.340 e.